The van der Waals surface area contributed by atoms with Gasteiger partial charge in [0.05, 0.1) is 29.0 Å². The zero-order chi connectivity index (χ0) is 22.8. The van der Waals surface area contributed by atoms with E-state index in [0.717, 1.165) is 11.8 Å². The fraction of sp³-hybridized carbons (Fsp3) is 0.190. The first-order valence-corrected chi connectivity index (χ1v) is 10.5. The quantitative estimate of drug-likeness (QED) is 0.444. The molecule has 0 bridgehead atoms. The molecule has 0 saturated carbocycles. The van der Waals surface area contributed by atoms with Gasteiger partial charge in [-0.3, -0.25) is 19.3 Å². The van der Waals surface area contributed by atoms with Gasteiger partial charge < -0.3 is 10.1 Å². The van der Waals surface area contributed by atoms with Gasteiger partial charge in [0.2, 0.25) is 11.7 Å². The van der Waals surface area contributed by atoms with E-state index in [0.29, 0.717) is 33.3 Å². The predicted molar refractivity (Wildman–Crippen MR) is 121 cm³/mol. The van der Waals surface area contributed by atoms with E-state index in [1.165, 1.54) is 11.6 Å². The summed E-state index contributed by atoms with van der Waals surface area (Å²) in [4.78, 5) is 37.2. The van der Waals surface area contributed by atoms with Crippen molar-refractivity contribution in [1.82, 2.24) is 29.8 Å². The second-order valence-corrected chi connectivity index (χ2v) is 8.11. The SMILES string of the molecule is CNC(=O)NC(=O)C(C)Sc1nnc2n(-c3cccc(OC)c3)c(=O)c3ccccc3n12. The number of imide groups is 1. The topological polar surface area (TPSA) is 120 Å². The van der Waals surface area contributed by atoms with Crippen LogP contribution in [0.15, 0.2) is 58.5 Å². The molecule has 2 aromatic heterocycles. The average molecular weight is 452 g/mol. The Hall–Kier alpha value is -3.86. The molecule has 2 aromatic carbocycles. The number of ether oxygens (including phenoxy) is 1. The van der Waals surface area contributed by atoms with Crippen molar-refractivity contribution < 1.29 is 14.3 Å². The number of aromatic nitrogens is 4. The molecule has 0 aliphatic heterocycles. The number of rotatable bonds is 5. The molecular weight excluding hydrogens is 432 g/mol. The molecule has 164 valence electrons. The Morgan fingerprint density at radius 2 is 1.91 bits per heavy atom. The first kappa shape index (κ1) is 21.4. The van der Waals surface area contributed by atoms with Gasteiger partial charge in [0.15, 0.2) is 5.16 Å². The highest BCUT2D eigenvalue weighted by Crippen LogP contribution is 2.26. The third kappa shape index (κ3) is 3.78. The predicted octanol–water partition coefficient (Wildman–Crippen LogP) is 1.98. The van der Waals surface area contributed by atoms with Crippen molar-refractivity contribution in [3.05, 3.63) is 58.9 Å². The van der Waals surface area contributed by atoms with E-state index in [4.69, 9.17) is 4.74 Å². The Kier molecular flexibility index (Phi) is 5.82. The van der Waals surface area contributed by atoms with Gasteiger partial charge in [-0.25, -0.2) is 9.36 Å². The Morgan fingerprint density at radius 1 is 1.12 bits per heavy atom. The molecule has 3 amide bonds. The summed E-state index contributed by atoms with van der Waals surface area (Å²) < 4.78 is 8.48. The van der Waals surface area contributed by atoms with Crippen LogP contribution in [0.5, 0.6) is 5.75 Å². The molecule has 4 rings (SSSR count). The van der Waals surface area contributed by atoms with Crippen molar-refractivity contribution in [1.29, 1.82) is 0 Å². The molecule has 4 aromatic rings. The smallest absolute Gasteiger partial charge is 0.321 e. The maximum atomic E-state index is 13.4. The fourth-order valence-electron chi connectivity index (χ4n) is 3.22. The number of hydrogen-bond acceptors (Lipinski definition) is 7. The highest BCUT2D eigenvalue weighted by Gasteiger charge is 2.23. The third-order valence-electron chi connectivity index (χ3n) is 4.82. The van der Waals surface area contributed by atoms with Crippen molar-refractivity contribution in [3.63, 3.8) is 0 Å². The Bertz CT molecular complexity index is 1400. The van der Waals surface area contributed by atoms with Crippen LogP contribution in [0.4, 0.5) is 4.79 Å². The fourth-order valence-corrected chi connectivity index (χ4v) is 4.08. The summed E-state index contributed by atoms with van der Waals surface area (Å²) >= 11 is 1.13. The van der Waals surface area contributed by atoms with E-state index in [9.17, 15) is 14.4 Å². The largest absolute Gasteiger partial charge is 0.497 e. The summed E-state index contributed by atoms with van der Waals surface area (Å²) in [5, 5.41) is 13.3. The molecule has 0 aliphatic rings. The van der Waals surface area contributed by atoms with Crippen molar-refractivity contribution >= 4 is 40.4 Å². The van der Waals surface area contributed by atoms with Crippen molar-refractivity contribution in [2.45, 2.75) is 17.3 Å². The summed E-state index contributed by atoms with van der Waals surface area (Å²) in [6.07, 6.45) is 0. The van der Waals surface area contributed by atoms with Crippen LogP contribution in [0.25, 0.3) is 22.4 Å². The van der Waals surface area contributed by atoms with Crippen molar-refractivity contribution in [2.24, 2.45) is 0 Å². The maximum Gasteiger partial charge on any atom is 0.321 e. The van der Waals surface area contributed by atoms with Crippen LogP contribution in [0.1, 0.15) is 6.92 Å². The highest BCUT2D eigenvalue weighted by atomic mass is 32.2. The molecule has 1 unspecified atom stereocenters. The number of amides is 3. The monoisotopic (exact) mass is 452 g/mol. The number of para-hydroxylation sites is 1. The number of urea groups is 1. The molecule has 0 fully saturated rings. The Labute approximate surface area is 186 Å². The van der Waals surface area contributed by atoms with Crippen LogP contribution in [-0.2, 0) is 4.79 Å². The molecule has 10 nitrogen and oxygen atoms in total. The standard InChI is InChI=1S/C21H20N6O4S/c1-12(17(28)23-19(30)22-2)32-21-25-24-20-26(13-7-6-8-14(11-13)31-3)18(29)15-9-4-5-10-16(15)27(20)21/h4-12H,1-3H3,(H2,22,23,28,30). The van der Waals surface area contributed by atoms with Crippen molar-refractivity contribution in [3.8, 4) is 11.4 Å². The number of carbonyl (C=O) groups is 2. The summed E-state index contributed by atoms with van der Waals surface area (Å²) in [7, 11) is 2.98. The molecule has 0 saturated heterocycles. The first-order chi connectivity index (χ1) is 15.4. The van der Waals surface area contributed by atoms with E-state index in [-0.39, 0.29) is 5.56 Å². The zero-order valence-corrected chi connectivity index (χ0v) is 18.3. The van der Waals surface area contributed by atoms with Gasteiger partial charge in [0.25, 0.3) is 5.56 Å². The minimum atomic E-state index is -0.643. The molecular formula is C21H20N6O4S. The van der Waals surface area contributed by atoms with Crippen LogP contribution < -0.4 is 20.9 Å². The Morgan fingerprint density at radius 3 is 2.66 bits per heavy atom. The Balaban J connectivity index is 1.89. The molecule has 0 radical (unpaired) electrons. The number of fused-ring (bicyclic) bond motifs is 3. The van der Waals surface area contributed by atoms with Gasteiger partial charge in [-0.05, 0) is 31.2 Å². The summed E-state index contributed by atoms with van der Waals surface area (Å²) in [6, 6.07) is 13.6. The van der Waals surface area contributed by atoms with Crippen LogP contribution in [0, 0.1) is 0 Å². The van der Waals surface area contributed by atoms with Gasteiger partial charge in [0.1, 0.15) is 5.75 Å². The normalized spacial score (nSPS) is 12.0. The zero-order valence-electron chi connectivity index (χ0n) is 17.5. The average Bonchev–Trinajstić information content (AvgIpc) is 3.22. The van der Waals surface area contributed by atoms with Crippen LogP contribution in [0.3, 0.4) is 0 Å². The summed E-state index contributed by atoms with van der Waals surface area (Å²) in [6.45, 7) is 1.66. The minimum Gasteiger partial charge on any atom is -0.497 e. The van der Waals surface area contributed by atoms with Gasteiger partial charge in [-0.1, -0.05) is 30.0 Å². The van der Waals surface area contributed by atoms with Crippen LogP contribution >= 0.6 is 11.8 Å². The lowest BCUT2D eigenvalue weighted by atomic mass is 10.2. The van der Waals surface area contributed by atoms with Crippen LogP contribution in [0.2, 0.25) is 0 Å². The molecule has 0 spiro atoms. The molecule has 1 atom stereocenters. The van der Waals surface area contributed by atoms with Gasteiger partial charge in [0, 0.05) is 13.1 Å². The first-order valence-electron chi connectivity index (χ1n) is 9.67. The molecule has 32 heavy (non-hydrogen) atoms. The van der Waals surface area contributed by atoms with E-state index in [1.807, 2.05) is 6.07 Å². The number of nitrogens with zero attached hydrogens (tertiary/aromatic N) is 4. The second-order valence-electron chi connectivity index (χ2n) is 6.81. The lowest BCUT2D eigenvalue weighted by Gasteiger charge is -2.13. The second kappa shape index (κ2) is 8.71. The van der Waals surface area contributed by atoms with Gasteiger partial charge >= 0.3 is 6.03 Å². The number of methoxy groups -OCH3 is 1. The van der Waals surface area contributed by atoms with Crippen molar-refractivity contribution in [2.75, 3.05) is 14.2 Å². The molecule has 2 heterocycles. The van der Waals surface area contributed by atoms with E-state index in [2.05, 4.69) is 20.8 Å². The number of carbonyl (C=O) groups excluding carboxylic acids is 2. The lowest BCUT2D eigenvalue weighted by molar-refractivity contribution is -0.119. The van der Waals surface area contributed by atoms with E-state index >= 15 is 0 Å². The maximum absolute atomic E-state index is 13.4. The van der Waals surface area contributed by atoms with Gasteiger partial charge in [-0.15, -0.1) is 10.2 Å². The third-order valence-corrected chi connectivity index (χ3v) is 5.86. The minimum absolute atomic E-state index is 0.254. The molecule has 0 aliphatic carbocycles. The van der Waals surface area contributed by atoms with Crippen LogP contribution in [-0.4, -0.2) is 50.5 Å². The summed E-state index contributed by atoms with van der Waals surface area (Å²) in [5.41, 5.74) is 0.924. The highest BCUT2D eigenvalue weighted by molar-refractivity contribution is 8.00. The molecule has 11 heteroatoms. The number of nitrogens with one attached hydrogen (secondary N) is 2. The summed E-state index contributed by atoms with van der Waals surface area (Å²) in [5.74, 6) is 0.411. The molecule has 2 N–H and O–H groups in total. The van der Waals surface area contributed by atoms with E-state index in [1.54, 1.807) is 60.9 Å². The number of benzene rings is 2. The number of hydrogen-bond donors (Lipinski definition) is 2. The van der Waals surface area contributed by atoms with E-state index < -0.39 is 17.2 Å². The number of thioether (sulfide) groups is 1. The van der Waals surface area contributed by atoms with Gasteiger partial charge in [-0.2, -0.15) is 0 Å². The lowest BCUT2D eigenvalue weighted by Crippen LogP contribution is -2.41.